The van der Waals surface area contributed by atoms with Gasteiger partial charge in [-0.2, -0.15) is 0 Å². The van der Waals surface area contributed by atoms with Gasteiger partial charge in [-0.1, -0.05) is 0 Å². The van der Waals surface area contributed by atoms with Crippen LogP contribution < -0.4 is 4.90 Å². The average Bonchev–Trinajstić information content (AvgIpc) is 3.35. The van der Waals surface area contributed by atoms with Crippen molar-refractivity contribution in [1.29, 1.82) is 0 Å². The minimum atomic E-state index is -0.538. The molecule has 5 rings (SSSR count). The summed E-state index contributed by atoms with van der Waals surface area (Å²) in [4.78, 5) is 49.7. The average molecular weight is 585 g/mol. The van der Waals surface area contributed by atoms with Gasteiger partial charge in [-0.05, 0) is 61.6 Å². The minimum Gasteiger partial charge on any atom is -0.494 e. The van der Waals surface area contributed by atoms with Crippen molar-refractivity contribution in [2.24, 2.45) is 4.99 Å². The van der Waals surface area contributed by atoms with Crippen molar-refractivity contribution in [1.82, 2.24) is 14.8 Å². The molecule has 4 aromatic rings. The lowest BCUT2D eigenvalue weighted by Crippen LogP contribution is -2.48. The monoisotopic (exact) mass is 584 g/mol. The number of nitrogens with one attached hydrogen (secondary N) is 1. The van der Waals surface area contributed by atoms with E-state index in [4.69, 9.17) is 9.73 Å². The zero-order valence-corrected chi connectivity index (χ0v) is 24.1. The number of carbonyl (C=O) groups is 2. The number of esters is 1. The summed E-state index contributed by atoms with van der Waals surface area (Å²) in [5.74, 6) is -0.735. The number of H-pyrrole nitrogens is 1. The first-order chi connectivity index (χ1) is 20.6. The molecule has 0 radical (unpaired) electrons. The van der Waals surface area contributed by atoms with Crippen LogP contribution in [0, 0.1) is 10.1 Å². The third kappa shape index (κ3) is 6.40. The molecule has 1 saturated heterocycles. The Bertz CT molecular complexity index is 1690. The van der Waals surface area contributed by atoms with Crippen molar-refractivity contribution in [2.75, 3.05) is 58.8 Å². The molecule has 12 nitrogen and oxygen atoms in total. The number of hydrogen-bond acceptors (Lipinski definition) is 9. The van der Waals surface area contributed by atoms with E-state index in [1.165, 1.54) is 19.2 Å². The van der Waals surface area contributed by atoms with E-state index in [0.29, 0.717) is 45.7 Å². The topological polar surface area (TPSA) is 145 Å². The molecule has 0 spiro atoms. The summed E-state index contributed by atoms with van der Waals surface area (Å²) in [6.45, 7) is 3.88. The molecule has 0 saturated carbocycles. The number of aromatic amines is 1. The summed E-state index contributed by atoms with van der Waals surface area (Å²) in [6.07, 6.45) is 0. The molecule has 0 unspecified atom stereocenters. The molecule has 0 atom stereocenters. The molecule has 12 heteroatoms. The van der Waals surface area contributed by atoms with E-state index in [9.17, 15) is 24.8 Å². The fraction of sp³-hybridized carbons (Fsp3) is 0.258. The van der Waals surface area contributed by atoms with Gasteiger partial charge in [0.1, 0.15) is 0 Å². The molecule has 222 valence electrons. The minimum absolute atomic E-state index is 0.0162. The standard InChI is InChI=1S/C31H32N6O6/c1-34-14-16-36(17-15-34)19-27(38)35(2)23-11-7-22(8-12-23)32-29(20-4-9-24(10-5-20)37(41)42)28-25-18-21(31(40)43-3)6-13-26(25)33-30(28)39/h4-13,18,33,39H,14-17,19H2,1-3H3. The first kappa shape index (κ1) is 29.4. The fourth-order valence-corrected chi connectivity index (χ4v) is 5.00. The Morgan fingerprint density at radius 2 is 1.67 bits per heavy atom. The van der Waals surface area contributed by atoms with Crippen LogP contribution in [0.3, 0.4) is 0 Å². The zero-order chi connectivity index (χ0) is 30.7. The number of nitrogens with zero attached hydrogens (tertiary/aromatic N) is 5. The van der Waals surface area contributed by atoms with Crippen molar-refractivity contribution in [2.45, 2.75) is 0 Å². The number of methoxy groups -OCH3 is 1. The number of amides is 1. The van der Waals surface area contributed by atoms with Crippen molar-refractivity contribution in [3.63, 3.8) is 0 Å². The van der Waals surface area contributed by atoms with Crippen LogP contribution in [0.1, 0.15) is 21.5 Å². The van der Waals surface area contributed by atoms with Crippen LogP contribution in [0.5, 0.6) is 5.88 Å². The summed E-state index contributed by atoms with van der Waals surface area (Å²) in [5, 5.41) is 22.8. The Morgan fingerprint density at radius 3 is 2.30 bits per heavy atom. The lowest BCUT2D eigenvalue weighted by molar-refractivity contribution is -0.384. The van der Waals surface area contributed by atoms with Crippen LogP contribution in [-0.4, -0.2) is 96.3 Å². The molecule has 2 N–H and O–H groups in total. The fourth-order valence-electron chi connectivity index (χ4n) is 5.00. The Balaban J connectivity index is 1.50. The summed E-state index contributed by atoms with van der Waals surface area (Å²) < 4.78 is 4.86. The molecule has 0 aliphatic carbocycles. The molecule has 1 aromatic heterocycles. The van der Waals surface area contributed by atoms with Gasteiger partial charge < -0.3 is 24.6 Å². The SMILES string of the molecule is COC(=O)c1ccc2[nH]c(O)c(C(=Nc3ccc(N(C)C(=O)CN4CCN(C)CC4)cc3)c3ccc([N+](=O)[O-])cc3)c2c1. The van der Waals surface area contributed by atoms with Crippen molar-refractivity contribution < 1.29 is 24.4 Å². The van der Waals surface area contributed by atoms with Gasteiger partial charge in [0, 0.05) is 67.5 Å². The number of carbonyl (C=O) groups excluding carboxylic acids is 2. The first-order valence-electron chi connectivity index (χ1n) is 13.7. The van der Waals surface area contributed by atoms with Gasteiger partial charge in [-0.15, -0.1) is 0 Å². The Hall–Kier alpha value is -5.07. The van der Waals surface area contributed by atoms with E-state index in [2.05, 4.69) is 21.8 Å². The summed E-state index contributed by atoms with van der Waals surface area (Å²) in [7, 11) is 5.09. The number of likely N-dealkylation sites (N-methyl/N-ethyl adjacent to an activating group) is 2. The predicted molar refractivity (Wildman–Crippen MR) is 163 cm³/mol. The number of piperazine rings is 1. The molecule has 3 aromatic carbocycles. The number of anilines is 1. The van der Waals surface area contributed by atoms with Crippen LogP contribution in [0.15, 0.2) is 71.7 Å². The van der Waals surface area contributed by atoms with Crippen LogP contribution in [0.2, 0.25) is 0 Å². The number of aromatic nitrogens is 1. The summed E-state index contributed by atoms with van der Waals surface area (Å²) in [5.41, 5.74) is 3.13. The van der Waals surface area contributed by atoms with Crippen molar-refractivity contribution in [3.8, 4) is 5.88 Å². The van der Waals surface area contributed by atoms with Gasteiger partial charge in [-0.3, -0.25) is 19.8 Å². The van der Waals surface area contributed by atoms with Gasteiger partial charge in [0.25, 0.3) is 5.69 Å². The van der Waals surface area contributed by atoms with E-state index >= 15 is 0 Å². The van der Waals surface area contributed by atoms with E-state index < -0.39 is 10.9 Å². The van der Waals surface area contributed by atoms with E-state index in [-0.39, 0.29) is 23.0 Å². The Labute approximate surface area is 248 Å². The van der Waals surface area contributed by atoms with Gasteiger partial charge in [0.15, 0.2) is 5.88 Å². The molecular weight excluding hydrogens is 552 g/mol. The second-order valence-electron chi connectivity index (χ2n) is 10.4. The number of hydrogen-bond donors (Lipinski definition) is 2. The highest BCUT2D eigenvalue weighted by molar-refractivity contribution is 6.22. The highest BCUT2D eigenvalue weighted by Gasteiger charge is 2.22. The second kappa shape index (κ2) is 12.4. The summed E-state index contributed by atoms with van der Waals surface area (Å²) >= 11 is 0. The summed E-state index contributed by atoms with van der Waals surface area (Å²) in [6, 6.07) is 17.8. The lowest BCUT2D eigenvalue weighted by atomic mass is 9.99. The van der Waals surface area contributed by atoms with Gasteiger partial charge in [-0.25, -0.2) is 9.79 Å². The number of benzene rings is 3. The van der Waals surface area contributed by atoms with E-state index in [1.54, 1.807) is 66.5 Å². The molecule has 1 amide bonds. The lowest BCUT2D eigenvalue weighted by Gasteiger charge is -2.32. The molecule has 2 heterocycles. The number of aliphatic imine (C=N–C) groups is 1. The molecule has 1 aliphatic rings. The van der Waals surface area contributed by atoms with Gasteiger partial charge in [0.2, 0.25) is 5.91 Å². The second-order valence-corrected chi connectivity index (χ2v) is 10.4. The zero-order valence-electron chi connectivity index (χ0n) is 24.1. The number of nitro benzene ring substituents is 1. The normalized spacial score (nSPS) is 14.5. The van der Waals surface area contributed by atoms with Crippen LogP contribution in [0.4, 0.5) is 17.1 Å². The number of nitro groups is 1. The third-order valence-corrected chi connectivity index (χ3v) is 7.60. The number of fused-ring (bicyclic) bond motifs is 1. The molecular formula is C31H32N6O6. The van der Waals surface area contributed by atoms with Crippen LogP contribution in [0.25, 0.3) is 10.9 Å². The van der Waals surface area contributed by atoms with Crippen LogP contribution in [-0.2, 0) is 9.53 Å². The quantitative estimate of drug-likeness (QED) is 0.137. The van der Waals surface area contributed by atoms with E-state index in [0.717, 1.165) is 26.2 Å². The Kier molecular flexibility index (Phi) is 8.51. The van der Waals surface area contributed by atoms with Crippen molar-refractivity contribution >= 4 is 45.6 Å². The molecule has 0 bridgehead atoms. The van der Waals surface area contributed by atoms with Gasteiger partial charge in [0.05, 0.1) is 41.1 Å². The highest BCUT2D eigenvalue weighted by Crippen LogP contribution is 2.33. The van der Waals surface area contributed by atoms with Gasteiger partial charge >= 0.3 is 5.97 Å². The maximum atomic E-state index is 13.0. The first-order valence-corrected chi connectivity index (χ1v) is 13.7. The number of non-ortho nitro benzene ring substituents is 1. The molecule has 1 fully saturated rings. The maximum absolute atomic E-state index is 13.0. The van der Waals surface area contributed by atoms with E-state index in [1.807, 2.05) is 0 Å². The van der Waals surface area contributed by atoms with Crippen LogP contribution >= 0.6 is 0 Å². The third-order valence-electron chi connectivity index (χ3n) is 7.60. The number of rotatable bonds is 8. The number of aromatic hydroxyl groups is 1. The largest absolute Gasteiger partial charge is 0.494 e. The smallest absolute Gasteiger partial charge is 0.337 e. The maximum Gasteiger partial charge on any atom is 0.337 e. The predicted octanol–water partition coefficient (Wildman–Crippen LogP) is 3.95. The Morgan fingerprint density at radius 1 is 1.02 bits per heavy atom. The number of ether oxygens (including phenoxy) is 1. The molecule has 1 aliphatic heterocycles. The highest BCUT2D eigenvalue weighted by atomic mass is 16.6. The molecule has 43 heavy (non-hydrogen) atoms. The van der Waals surface area contributed by atoms with Crippen molar-refractivity contribution in [3.05, 3.63) is 93.5 Å².